The SMILES string of the molecule is Cc1cccc(N2C(=O)/C(=C\c3ccc(-c4cc([N+](=O)[O-])ccc4Cl)o3)SC2=S)c1. The Morgan fingerprint density at radius 2 is 2.00 bits per heavy atom. The highest BCUT2D eigenvalue weighted by Gasteiger charge is 2.33. The van der Waals surface area contributed by atoms with Crippen LogP contribution in [0, 0.1) is 17.0 Å². The summed E-state index contributed by atoms with van der Waals surface area (Å²) in [5.74, 6) is 0.545. The topological polar surface area (TPSA) is 76.6 Å². The highest BCUT2D eigenvalue weighted by Crippen LogP contribution is 2.38. The number of anilines is 1. The Kier molecular flexibility index (Phi) is 5.46. The van der Waals surface area contributed by atoms with E-state index in [-0.39, 0.29) is 11.6 Å². The minimum Gasteiger partial charge on any atom is -0.457 e. The van der Waals surface area contributed by atoms with Gasteiger partial charge < -0.3 is 4.42 Å². The number of rotatable bonds is 4. The molecule has 0 saturated carbocycles. The first-order valence-electron chi connectivity index (χ1n) is 8.72. The summed E-state index contributed by atoms with van der Waals surface area (Å²) in [4.78, 5) is 25.3. The summed E-state index contributed by atoms with van der Waals surface area (Å²) in [5.41, 5.74) is 2.05. The molecule has 9 heteroatoms. The Balaban J connectivity index is 1.64. The van der Waals surface area contributed by atoms with Crippen LogP contribution in [-0.4, -0.2) is 15.2 Å². The van der Waals surface area contributed by atoms with Crippen molar-refractivity contribution in [3.63, 3.8) is 0 Å². The van der Waals surface area contributed by atoms with Gasteiger partial charge in [-0.2, -0.15) is 0 Å². The molecule has 30 heavy (non-hydrogen) atoms. The summed E-state index contributed by atoms with van der Waals surface area (Å²) in [6, 6.07) is 15.0. The molecule has 1 aliphatic rings. The number of carbonyl (C=O) groups is 1. The third kappa shape index (κ3) is 3.89. The zero-order valence-electron chi connectivity index (χ0n) is 15.5. The maximum Gasteiger partial charge on any atom is 0.270 e. The number of halogens is 1. The fourth-order valence-corrected chi connectivity index (χ4v) is 4.47. The fourth-order valence-electron chi connectivity index (χ4n) is 2.98. The molecule has 0 bridgehead atoms. The van der Waals surface area contributed by atoms with E-state index in [0.29, 0.717) is 37.0 Å². The normalized spacial score (nSPS) is 15.3. The molecule has 1 aliphatic heterocycles. The minimum atomic E-state index is -0.500. The van der Waals surface area contributed by atoms with Crippen molar-refractivity contribution >= 4 is 63.3 Å². The molecule has 6 nitrogen and oxygen atoms in total. The number of aryl methyl sites for hydroxylation is 1. The van der Waals surface area contributed by atoms with Crippen molar-refractivity contribution in [2.45, 2.75) is 6.92 Å². The first-order chi connectivity index (χ1) is 14.3. The third-order valence-corrected chi connectivity index (χ3v) is 6.01. The van der Waals surface area contributed by atoms with E-state index in [9.17, 15) is 14.9 Å². The van der Waals surface area contributed by atoms with E-state index in [1.54, 1.807) is 18.2 Å². The Morgan fingerprint density at radius 1 is 1.20 bits per heavy atom. The maximum absolute atomic E-state index is 12.9. The van der Waals surface area contributed by atoms with E-state index in [0.717, 1.165) is 5.56 Å². The molecule has 1 amide bonds. The van der Waals surface area contributed by atoms with Gasteiger partial charge in [-0.25, -0.2) is 0 Å². The molecule has 2 heterocycles. The Morgan fingerprint density at radius 3 is 2.73 bits per heavy atom. The molecule has 0 atom stereocenters. The van der Waals surface area contributed by atoms with Crippen molar-refractivity contribution in [3.05, 3.63) is 86.0 Å². The Bertz CT molecular complexity index is 1240. The van der Waals surface area contributed by atoms with Gasteiger partial charge in [-0.1, -0.05) is 47.7 Å². The van der Waals surface area contributed by atoms with Crippen LogP contribution in [0.3, 0.4) is 0 Å². The first-order valence-corrected chi connectivity index (χ1v) is 10.3. The second-order valence-electron chi connectivity index (χ2n) is 6.48. The van der Waals surface area contributed by atoms with Crippen molar-refractivity contribution < 1.29 is 14.1 Å². The average Bonchev–Trinajstić information content (AvgIpc) is 3.26. The van der Waals surface area contributed by atoms with E-state index in [1.165, 1.54) is 34.9 Å². The summed E-state index contributed by atoms with van der Waals surface area (Å²) in [7, 11) is 0. The van der Waals surface area contributed by atoms with Crippen LogP contribution >= 0.6 is 35.6 Å². The average molecular weight is 457 g/mol. The van der Waals surface area contributed by atoms with Gasteiger partial charge in [-0.15, -0.1) is 0 Å². The van der Waals surface area contributed by atoms with Gasteiger partial charge in [0.15, 0.2) is 4.32 Å². The second-order valence-corrected chi connectivity index (χ2v) is 8.56. The number of non-ortho nitro benzene ring substituents is 1. The van der Waals surface area contributed by atoms with Gasteiger partial charge in [0.2, 0.25) is 0 Å². The van der Waals surface area contributed by atoms with Gasteiger partial charge in [-0.05, 0) is 42.8 Å². The molecule has 0 aliphatic carbocycles. The predicted molar refractivity (Wildman–Crippen MR) is 123 cm³/mol. The van der Waals surface area contributed by atoms with Crippen molar-refractivity contribution in [3.8, 4) is 11.3 Å². The summed E-state index contributed by atoms with van der Waals surface area (Å²) in [6.07, 6.45) is 1.60. The molecule has 4 rings (SSSR count). The quantitative estimate of drug-likeness (QED) is 0.201. The van der Waals surface area contributed by atoms with E-state index < -0.39 is 4.92 Å². The molecule has 1 saturated heterocycles. The molecule has 3 aromatic rings. The number of hydrogen-bond acceptors (Lipinski definition) is 6. The fraction of sp³-hybridized carbons (Fsp3) is 0.0476. The number of hydrogen-bond donors (Lipinski definition) is 0. The first kappa shape index (κ1) is 20.3. The monoisotopic (exact) mass is 456 g/mol. The van der Waals surface area contributed by atoms with Gasteiger partial charge in [0.05, 0.1) is 20.5 Å². The maximum atomic E-state index is 12.9. The molecule has 1 aromatic heterocycles. The highest BCUT2D eigenvalue weighted by atomic mass is 35.5. The summed E-state index contributed by atoms with van der Waals surface area (Å²) in [6.45, 7) is 1.94. The molecule has 0 spiro atoms. The zero-order chi connectivity index (χ0) is 21.4. The molecular weight excluding hydrogens is 444 g/mol. The lowest BCUT2D eigenvalue weighted by Crippen LogP contribution is -2.27. The summed E-state index contributed by atoms with van der Waals surface area (Å²) < 4.78 is 6.22. The van der Waals surface area contributed by atoms with Gasteiger partial charge in [0.1, 0.15) is 11.5 Å². The molecule has 2 aromatic carbocycles. The number of nitrogens with zero attached hydrogens (tertiary/aromatic N) is 2. The Hall–Kier alpha value is -2.94. The van der Waals surface area contributed by atoms with Crippen molar-refractivity contribution in [1.82, 2.24) is 0 Å². The molecular formula is C21H13ClN2O4S2. The Labute approximate surface area is 186 Å². The van der Waals surface area contributed by atoms with Crippen molar-refractivity contribution in [2.75, 3.05) is 4.90 Å². The van der Waals surface area contributed by atoms with Crippen LogP contribution in [0.25, 0.3) is 17.4 Å². The van der Waals surface area contributed by atoms with E-state index in [4.69, 9.17) is 28.2 Å². The lowest BCUT2D eigenvalue weighted by Gasteiger charge is -2.14. The molecule has 0 radical (unpaired) electrons. The van der Waals surface area contributed by atoms with Gasteiger partial charge in [0, 0.05) is 23.8 Å². The number of furan rings is 1. The smallest absolute Gasteiger partial charge is 0.270 e. The third-order valence-electron chi connectivity index (χ3n) is 4.38. The lowest BCUT2D eigenvalue weighted by molar-refractivity contribution is -0.384. The zero-order valence-corrected chi connectivity index (χ0v) is 17.9. The second kappa shape index (κ2) is 8.06. The number of amides is 1. The van der Waals surface area contributed by atoms with Gasteiger partial charge in [0.25, 0.3) is 11.6 Å². The number of carbonyl (C=O) groups excluding carboxylic acids is 1. The van der Waals surface area contributed by atoms with Crippen LogP contribution in [0.15, 0.2) is 63.9 Å². The van der Waals surface area contributed by atoms with Crippen LogP contribution in [-0.2, 0) is 4.79 Å². The number of thioether (sulfide) groups is 1. The van der Waals surface area contributed by atoms with E-state index in [2.05, 4.69) is 0 Å². The largest absolute Gasteiger partial charge is 0.457 e. The van der Waals surface area contributed by atoms with Crippen LogP contribution in [0.4, 0.5) is 11.4 Å². The summed E-state index contributed by atoms with van der Waals surface area (Å²) in [5, 5.41) is 11.4. The lowest BCUT2D eigenvalue weighted by atomic mass is 10.1. The number of benzene rings is 2. The van der Waals surface area contributed by atoms with Crippen molar-refractivity contribution in [2.24, 2.45) is 0 Å². The van der Waals surface area contributed by atoms with Gasteiger partial charge in [-0.3, -0.25) is 19.8 Å². The van der Waals surface area contributed by atoms with Crippen LogP contribution < -0.4 is 4.90 Å². The molecule has 0 N–H and O–H groups in total. The molecule has 1 fully saturated rings. The van der Waals surface area contributed by atoms with Crippen LogP contribution in [0.2, 0.25) is 5.02 Å². The molecule has 150 valence electrons. The number of thiocarbonyl (C=S) groups is 1. The van der Waals surface area contributed by atoms with E-state index in [1.807, 2.05) is 31.2 Å². The number of nitro benzene ring substituents is 1. The van der Waals surface area contributed by atoms with Crippen LogP contribution in [0.5, 0.6) is 0 Å². The minimum absolute atomic E-state index is 0.0913. The highest BCUT2D eigenvalue weighted by molar-refractivity contribution is 8.27. The van der Waals surface area contributed by atoms with Crippen LogP contribution in [0.1, 0.15) is 11.3 Å². The summed E-state index contributed by atoms with van der Waals surface area (Å²) >= 11 is 12.8. The van der Waals surface area contributed by atoms with E-state index >= 15 is 0 Å². The van der Waals surface area contributed by atoms with Crippen molar-refractivity contribution in [1.29, 1.82) is 0 Å². The standard InChI is InChI=1S/C21H13ClN2O4S2/c1-12-3-2-4-13(9-12)23-20(25)19(30-21(23)29)11-15-6-8-18(28-15)16-10-14(24(26)27)5-7-17(16)22/h2-11H,1H3/b19-11+. The molecule has 0 unspecified atom stereocenters. The van der Waals surface area contributed by atoms with Gasteiger partial charge >= 0.3 is 0 Å². The predicted octanol–water partition coefficient (Wildman–Crippen LogP) is 6.22. The number of nitro groups is 1.